The van der Waals surface area contributed by atoms with Crippen LogP contribution >= 0.6 is 0 Å². The number of hydrogen-bond donors (Lipinski definition) is 4. The molecular formula is C28H35N5O5. The fourth-order valence-electron chi connectivity index (χ4n) is 5.17. The number of nitrogens with one attached hydrogen (secondary N) is 2. The first-order valence-corrected chi connectivity index (χ1v) is 12.9. The SMILES string of the molecule is CCOC(=O)C1CCCC(N2NC(c3ccc(CNC(=O)c4ccccc4OC)cc3)C(C(N)=O)=C2N)C1. The highest BCUT2D eigenvalue weighted by molar-refractivity contribution is 5.97. The minimum absolute atomic E-state index is 0.0676. The Hall–Kier alpha value is -4.05. The molecule has 202 valence electrons. The number of methoxy groups -OCH3 is 1. The molecule has 2 aromatic rings. The molecule has 1 aliphatic carbocycles. The van der Waals surface area contributed by atoms with E-state index in [1.807, 2.05) is 24.3 Å². The Bertz CT molecular complexity index is 1210. The predicted molar refractivity (Wildman–Crippen MR) is 141 cm³/mol. The van der Waals surface area contributed by atoms with Gasteiger partial charge in [-0.15, -0.1) is 0 Å². The molecule has 0 bridgehead atoms. The number of hydrogen-bond acceptors (Lipinski definition) is 8. The maximum absolute atomic E-state index is 12.6. The van der Waals surface area contributed by atoms with Crippen molar-refractivity contribution in [3.8, 4) is 5.75 Å². The third-order valence-corrected chi connectivity index (χ3v) is 7.11. The largest absolute Gasteiger partial charge is 0.496 e. The number of nitrogens with two attached hydrogens (primary N) is 2. The first-order chi connectivity index (χ1) is 18.3. The number of carbonyl (C=O) groups excluding carboxylic acids is 3. The Morgan fingerprint density at radius 2 is 1.84 bits per heavy atom. The lowest BCUT2D eigenvalue weighted by atomic mass is 9.85. The van der Waals surface area contributed by atoms with Crippen LogP contribution in [0.3, 0.4) is 0 Å². The van der Waals surface area contributed by atoms with Crippen LogP contribution < -0.4 is 26.9 Å². The van der Waals surface area contributed by atoms with Crippen LogP contribution in [0.1, 0.15) is 60.1 Å². The van der Waals surface area contributed by atoms with Crippen LogP contribution in [0.4, 0.5) is 0 Å². The smallest absolute Gasteiger partial charge is 0.308 e. The van der Waals surface area contributed by atoms with E-state index in [9.17, 15) is 14.4 Å². The van der Waals surface area contributed by atoms with Gasteiger partial charge in [-0.25, -0.2) is 5.43 Å². The molecule has 2 aromatic carbocycles. The summed E-state index contributed by atoms with van der Waals surface area (Å²) in [4.78, 5) is 37.3. The van der Waals surface area contributed by atoms with E-state index in [1.54, 1.807) is 36.2 Å². The quantitative estimate of drug-likeness (QED) is 0.367. The van der Waals surface area contributed by atoms with Gasteiger partial charge in [0.05, 0.1) is 36.8 Å². The summed E-state index contributed by atoms with van der Waals surface area (Å²) in [5, 5.41) is 4.69. The molecule has 1 fully saturated rings. The molecule has 6 N–H and O–H groups in total. The van der Waals surface area contributed by atoms with Gasteiger partial charge in [-0.05, 0) is 49.4 Å². The lowest BCUT2D eigenvalue weighted by molar-refractivity contribution is -0.150. The van der Waals surface area contributed by atoms with Gasteiger partial charge in [0.15, 0.2) is 0 Å². The number of primary amides is 1. The molecule has 38 heavy (non-hydrogen) atoms. The van der Waals surface area contributed by atoms with Crippen molar-refractivity contribution in [1.82, 2.24) is 15.8 Å². The molecule has 0 spiro atoms. The summed E-state index contributed by atoms with van der Waals surface area (Å²) in [7, 11) is 1.53. The van der Waals surface area contributed by atoms with Crippen LogP contribution in [0, 0.1) is 5.92 Å². The molecule has 0 radical (unpaired) electrons. The minimum atomic E-state index is -0.603. The van der Waals surface area contributed by atoms with Crippen molar-refractivity contribution in [1.29, 1.82) is 0 Å². The molecule has 3 unspecified atom stereocenters. The number of amides is 2. The Morgan fingerprint density at radius 3 is 2.53 bits per heavy atom. The van der Waals surface area contributed by atoms with Crippen molar-refractivity contribution in [3.63, 3.8) is 0 Å². The maximum atomic E-state index is 12.6. The molecule has 0 saturated heterocycles. The van der Waals surface area contributed by atoms with Gasteiger partial charge in [-0.2, -0.15) is 0 Å². The standard InChI is InChI=1S/C28H35N5O5/c1-3-38-28(36)19-7-6-8-20(15-19)33-25(29)23(26(30)34)24(32-33)18-13-11-17(12-14-18)16-31-27(35)21-9-4-5-10-22(21)37-2/h4-5,9-14,19-20,24,32H,3,6-8,15-16,29H2,1-2H3,(H2,30,34)(H,31,35). The predicted octanol–water partition coefficient (Wildman–Crippen LogP) is 2.26. The summed E-state index contributed by atoms with van der Waals surface area (Å²) >= 11 is 0. The summed E-state index contributed by atoms with van der Waals surface area (Å²) < 4.78 is 10.5. The highest BCUT2D eigenvalue weighted by atomic mass is 16.5. The van der Waals surface area contributed by atoms with Gasteiger partial charge in [0, 0.05) is 12.6 Å². The van der Waals surface area contributed by atoms with Crippen molar-refractivity contribution in [2.75, 3.05) is 13.7 Å². The number of nitrogens with zero attached hydrogens (tertiary/aromatic N) is 1. The Labute approximate surface area is 222 Å². The van der Waals surface area contributed by atoms with Crippen LogP contribution in [-0.2, 0) is 20.9 Å². The monoisotopic (exact) mass is 521 g/mol. The van der Waals surface area contributed by atoms with Gasteiger partial charge in [0.1, 0.15) is 11.6 Å². The van der Waals surface area contributed by atoms with Gasteiger partial charge in [0.25, 0.3) is 5.91 Å². The van der Waals surface area contributed by atoms with E-state index in [2.05, 4.69) is 10.7 Å². The van der Waals surface area contributed by atoms with Crippen LogP contribution in [0.2, 0.25) is 0 Å². The van der Waals surface area contributed by atoms with Gasteiger partial charge < -0.3 is 26.3 Å². The summed E-state index contributed by atoms with van der Waals surface area (Å²) in [6.07, 6.45) is 3.03. The van der Waals surface area contributed by atoms with Crippen LogP contribution in [0.15, 0.2) is 59.9 Å². The van der Waals surface area contributed by atoms with Gasteiger partial charge >= 0.3 is 5.97 Å². The highest BCUT2D eigenvalue weighted by Gasteiger charge is 2.40. The van der Waals surface area contributed by atoms with E-state index in [0.29, 0.717) is 36.5 Å². The molecule has 1 aliphatic heterocycles. The van der Waals surface area contributed by atoms with E-state index < -0.39 is 11.9 Å². The Morgan fingerprint density at radius 1 is 1.11 bits per heavy atom. The number of hydrazine groups is 1. The molecule has 3 atom stereocenters. The fourth-order valence-corrected chi connectivity index (χ4v) is 5.17. The molecule has 10 nitrogen and oxygen atoms in total. The van der Waals surface area contributed by atoms with Crippen LogP contribution in [-0.4, -0.2) is 42.6 Å². The van der Waals surface area contributed by atoms with Crippen molar-refractivity contribution in [3.05, 3.63) is 76.6 Å². The first-order valence-electron chi connectivity index (χ1n) is 12.9. The second-order valence-corrected chi connectivity index (χ2v) is 9.49. The third kappa shape index (κ3) is 5.75. The zero-order chi connectivity index (χ0) is 27.2. The number of para-hydroxylation sites is 1. The van der Waals surface area contributed by atoms with Crippen molar-refractivity contribution < 1.29 is 23.9 Å². The summed E-state index contributed by atoms with van der Waals surface area (Å²) in [6, 6.07) is 14.0. The molecular weight excluding hydrogens is 486 g/mol. The number of benzene rings is 2. The second-order valence-electron chi connectivity index (χ2n) is 9.49. The third-order valence-electron chi connectivity index (χ3n) is 7.11. The van der Waals surface area contributed by atoms with Crippen molar-refractivity contribution in [2.24, 2.45) is 17.4 Å². The molecule has 1 heterocycles. The van der Waals surface area contributed by atoms with E-state index in [1.165, 1.54) is 7.11 Å². The normalized spacial score (nSPS) is 21.2. The zero-order valence-electron chi connectivity index (χ0n) is 21.7. The topological polar surface area (TPSA) is 149 Å². The molecule has 0 aromatic heterocycles. The number of ether oxygens (including phenoxy) is 2. The molecule has 10 heteroatoms. The van der Waals surface area contributed by atoms with E-state index >= 15 is 0 Å². The Balaban J connectivity index is 1.44. The van der Waals surface area contributed by atoms with Crippen molar-refractivity contribution in [2.45, 2.75) is 51.2 Å². The second kappa shape index (κ2) is 12.0. The first kappa shape index (κ1) is 27.0. The van der Waals surface area contributed by atoms with Crippen molar-refractivity contribution >= 4 is 17.8 Å². The van der Waals surface area contributed by atoms with Crippen LogP contribution in [0.25, 0.3) is 0 Å². The molecule has 2 amide bonds. The lowest BCUT2D eigenvalue weighted by Crippen LogP contribution is -2.46. The minimum Gasteiger partial charge on any atom is -0.496 e. The van der Waals surface area contributed by atoms with Crippen LogP contribution in [0.5, 0.6) is 5.75 Å². The number of carbonyl (C=O) groups is 3. The number of esters is 1. The summed E-state index contributed by atoms with van der Waals surface area (Å²) in [5.74, 6) is -0.450. The lowest BCUT2D eigenvalue weighted by Gasteiger charge is -2.36. The summed E-state index contributed by atoms with van der Waals surface area (Å²) in [6.45, 7) is 2.46. The zero-order valence-corrected chi connectivity index (χ0v) is 21.7. The fraction of sp³-hybridized carbons (Fsp3) is 0.393. The Kier molecular flexibility index (Phi) is 8.52. The molecule has 1 saturated carbocycles. The van der Waals surface area contributed by atoms with E-state index in [4.69, 9.17) is 20.9 Å². The van der Waals surface area contributed by atoms with Gasteiger partial charge in [-0.3, -0.25) is 19.4 Å². The number of rotatable bonds is 9. The van der Waals surface area contributed by atoms with E-state index in [0.717, 1.165) is 30.4 Å². The summed E-state index contributed by atoms with van der Waals surface area (Å²) in [5.41, 5.74) is 18.0. The van der Waals surface area contributed by atoms with Gasteiger partial charge in [-0.1, -0.05) is 42.8 Å². The van der Waals surface area contributed by atoms with Gasteiger partial charge in [0.2, 0.25) is 5.91 Å². The maximum Gasteiger partial charge on any atom is 0.308 e. The molecule has 2 aliphatic rings. The average Bonchev–Trinajstić information content (AvgIpc) is 3.29. The average molecular weight is 522 g/mol. The van der Waals surface area contributed by atoms with E-state index in [-0.39, 0.29) is 29.7 Å². The molecule has 4 rings (SSSR count). The highest BCUT2D eigenvalue weighted by Crippen LogP contribution is 2.36.